The lowest BCUT2D eigenvalue weighted by Crippen LogP contribution is -2.54. The molecular formula is C23H24N2O4S. The lowest BCUT2D eigenvalue weighted by molar-refractivity contribution is -0.122. The van der Waals surface area contributed by atoms with E-state index < -0.39 is 11.8 Å². The number of anilines is 1. The number of carbonyl (C=O) groups excluding carboxylic acids is 2. The zero-order valence-corrected chi connectivity index (χ0v) is 18.4. The van der Waals surface area contributed by atoms with Gasteiger partial charge in [0, 0.05) is 5.56 Å². The fourth-order valence-electron chi connectivity index (χ4n) is 3.26. The average Bonchev–Trinajstić information content (AvgIpc) is 2.67. The van der Waals surface area contributed by atoms with Crippen LogP contribution in [0, 0.1) is 13.8 Å². The van der Waals surface area contributed by atoms with Crippen molar-refractivity contribution in [2.75, 3.05) is 12.0 Å². The lowest BCUT2D eigenvalue weighted by Gasteiger charge is -2.30. The number of methoxy groups -OCH3 is 1. The summed E-state index contributed by atoms with van der Waals surface area (Å²) in [7, 11) is 1.54. The summed E-state index contributed by atoms with van der Waals surface area (Å²) in [6.45, 7) is 7.65. The normalized spacial score (nSPS) is 15.6. The Balaban J connectivity index is 2.09. The maximum absolute atomic E-state index is 13.3. The second-order valence-electron chi connectivity index (χ2n) is 7.29. The van der Waals surface area contributed by atoms with Gasteiger partial charge in [-0.2, -0.15) is 0 Å². The number of carbonyl (C=O) groups is 2. The topological polar surface area (TPSA) is 67.9 Å². The van der Waals surface area contributed by atoms with Crippen molar-refractivity contribution in [3.63, 3.8) is 0 Å². The molecule has 0 unspecified atom stereocenters. The van der Waals surface area contributed by atoms with Gasteiger partial charge >= 0.3 is 0 Å². The van der Waals surface area contributed by atoms with Gasteiger partial charge in [-0.25, -0.2) is 0 Å². The first-order valence-electron chi connectivity index (χ1n) is 9.55. The van der Waals surface area contributed by atoms with Crippen LogP contribution in [0.4, 0.5) is 5.69 Å². The van der Waals surface area contributed by atoms with Gasteiger partial charge in [-0.15, -0.1) is 0 Å². The van der Waals surface area contributed by atoms with Crippen molar-refractivity contribution >= 4 is 40.9 Å². The molecule has 1 fully saturated rings. The Labute approximate surface area is 181 Å². The Hall–Kier alpha value is -3.19. The van der Waals surface area contributed by atoms with Gasteiger partial charge in [0.15, 0.2) is 16.6 Å². The standard InChI is InChI=1S/C23H24N2O4S/c1-13(2)29-20-16(7-6-8-19(20)28-5)12-17-21(26)24-23(30)25(22(17)27)18-10-9-14(3)11-15(18)4/h6-13H,1-5H3,(H,24,26,30)/b17-12+. The number of para-hydroxylation sites is 1. The number of nitrogens with zero attached hydrogens (tertiary/aromatic N) is 1. The molecule has 1 aliphatic rings. The van der Waals surface area contributed by atoms with Crippen molar-refractivity contribution in [2.24, 2.45) is 0 Å². The number of ether oxygens (including phenoxy) is 2. The zero-order valence-electron chi connectivity index (χ0n) is 17.6. The van der Waals surface area contributed by atoms with E-state index in [9.17, 15) is 9.59 Å². The van der Waals surface area contributed by atoms with Crippen LogP contribution in [0.25, 0.3) is 6.08 Å². The minimum Gasteiger partial charge on any atom is -0.493 e. The number of amides is 2. The van der Waals surface area contributed by atoms with Gasteiger partial charge in [-0.1, -0.05) is 29.8 Å². The summed E-state index contributed by atoms with van der Waals surface area (Å²) in [6.07, 6.45) is 1.39. The SMILES string of the molecule is COc1cccc(/C=C2\C(=O)NC(=S)N(c3ccc(C)cc3C)C2=O)c1OC(C)C. The molecule has 0 radical (unpaired) electrons. The minimum atomic E-state index is -0.552. The van der Waals surface area contributed by atoms with Crippen LogP contribution in [0.3, 0.4) is 0 Å². The quantitative estimate of drug-likeness (QED) is 0.448. The Kier molecular flexibility index (Phi) is 6.22. The predicted molar refractivity (Wildman–Crippen MR) is 121 cm³/mol. The molecular weight excluding hydrogens is 400 g/mol. The molecule has 7 heteroatoms. The van der Waals surface area contributed by atoms with Gasteiger partial charge < -0.3 is 9.47 Å². The third-order valence-electron chi connectivity index (χ3n) is 4.58. The third kappa shape index (κ3) is 4.21. The van der Waals surface area contributed by atoms with Crippen LogP contribution < -0.4 is 19.7 Å². The fourth-order valence-corrected chi connectivity index (χ4v) is 3.53. The highest BCUT2D eigenvalue weighted by atomic mass is 32.1. The smallest absolute Gasteiger partial charge is 0.270 e. The van der Waals surface area contributed by atoms with E-state index in [2.05, 4.69) is 5.32 Å². The maximum Gasteiger partial charge on any atom is 0.270 e. The molecule has 0 saturated carbocycles. The number of benzene rings is 2. The second kappa shape index (κ2) is 8.67. The fraction of sp³-hybridized carbons (Fsp3) is 0.261. The van der Waals surface area contributed by atoms with Crippen LogP contribution >= 0.6 is 12.2 Å². The van der Waals surface area contributed by atoms with Gasteiger partial charge in [0.05, 0.1) is 18.9 Å². The summed E-state index contributed by atoms with van der Waals surface area (Å²) in [5.74, 6) is -0.0591. The number of hydrogen-bond donors (Lipinski definition) is 1. The monoisotopic (exact) mass is 424 g/mol. The highest BCUT2D eigenvalue weighted by Gasteiger charge is 2.35. The summed E-state index contributed by atoms with van der Waals surface area (Å²) in [4.78, 5) is 27.3. The van der Waals surface area contributed by atoms with Crippen molar-refractivity contribution in [3.8, 4) is 11.5 Å². The molecule has 6 nitrogen and oxygen atoms in total. The van der Waals surface area contributed by atoms with Gasteiger partial charge in [0.1, 0.15) is 5.57 Å². The van der Waals surface area contributed by atoms with Crippen LogP contribution in [0.1, 0.15) is 30.5 Å². The summed E-state index contributed by atoms with van der Waals surface area (Å²) >= 11 is 5.30. The molecule has 0 aliphatic carbocycles. The van der Waals surface area contributed by atoms with E-state index in [0.717, 1.165) is 11.1 Å². The first-order valence-corrected chi connectivity index (χ1v) is 9.96. The van der Waals surface area contributed by atoms with E-state index in [4.69, 9.17) is 21.7 Å². The van der Waals surface area contributed by atoms with E-state index >= 15 is 0 Å². The molecule has 0 spiro atoms. The van der Waals surface area contributed by atoms with Crippen LogP contribution in [0.5, 0.6) is 11.5 Å². The molecule has 2 aromatic rings. The molecule has 1 aliphatic heterocycles. The minimum absolute atomic E-state index is 0.0366. The van der Waals surface area contributed by atoms with Crippen molar-refractivity contribution in [1.29, 1.82) is 0 Å². The maximum atomic E-state index is 13.3. The van der Waals surface area contributed by atoms with Gasteiger partial charge in [0.2, 0.25) is 0 Å². The van der Waals surface area contributed by atoms with Crippen molar-refractivity contribution in [1.82, 2.24) is 5.32 Å². The molecule has 156 valence electrons. The number of hydrogen-bond acceptors (Lipinski definition) is 5. The van der Waals surface area contributed by atoms with Crippen molar-refractivity contribution < 1.29 is 19.1 Å². The summed E-state index contributed by atoms with van der Waals surface area (Å²) in [5, 5.41) is 2.67. The summed E-state index contributed by atoms with van der Waals surface area (Å²) < 4.78 is 11.3. The van der Waals surface area contributed by atoms with Crippen LogP contribution in [0.2, 0.25) is 0 Å². The second-order valence-corrected chi connectivity index (χ2v) is 7.68. The van der Waals surface area contributed by atoms with E-state index in [1.54, 1.807) is 18.2 Å². The Morgan fingerprint density at radius 1 is 1.13 bits per heavy atom. The van der Waals surface area contributed by atoms with Crippen LogP contribution in [-0.4, -0.2) is 30.1 Å². The molecule has 2 amide bonds. The molecule has 30 heavy (non-hydrogen) atoms. The highest BCUT2D eigenvalue weighted by molar-refractivity contribution is 7.80. The number of aryl methyl sites for hydroxylation is 2. The zero-order chi connectivity index (χ0) is 22.0. The van der Waals surface area contributed by atoms with Gasteiger partial charge in [0.25, 0.3) is 11.8 Å². The summed E-state index contributed by atoms with van der Waals surface area (Å²) in [5.41, 5.74) is 3.11. The van der Waals surface area contributed by atoms with E-state index in [0.29, 0.717) is 22.7 Å². The molecule has 0 atom stereocenters. The first-order chi connectivity index (χ1) is 14.2. The van der Waals surface area contributed by atoms with E-state index in [1.807, 2.05) is 45.9 Å². The van der Waals surface area contributed by atoms with E-state index in [1.165, 1.54) is 18.1 Å². The molecule has 1 N–H and O–H groups in total. The lowest BCUT2D eigenvalue weighted by atomic mass is 10.0. The third-order valence-corrected chi connectivity index (χ3v) is 4.86. The van der Waals surface area contributed by atoms with Crippen LogP contribution in [-0.2, 0) is 9.59 Å². The van der Waals surface area contributed by atoms with Crippen molar-refractivity contribution in [3.05, 3.63) is 58.7 Å². The predicted octanol–water partition coefficient (Wildman–Crippen LogP) is 3.93. The molecule has 3 rings (SSSR count). The average molecular weight is 425 g/mol. The van der Waals surface area contributed by atoms with Crippen molar-refractivity contribution in [2.45, 2.75) is 33.8 Å². The van der Waals surface area contributed by atoms with Gasteiger partial charge in [-0.05, 0) is 63.7 Å². The molecule has 0 aromatic heterocycles. The summed E-state index contributed by atoms with van der Waals surface area (Å²) in [6, 6.07) is 11.0. The molecule has 0 bridgehead atoms. The number of rotatable bonds is 5. The molecule has 1 saturated heterocycles. The Morgan fingerprint density at radius 3 is 2.50 bits per heavy atom. The highest BCUT2D eigenvalue weighted by Crippen LogP contribution is 2.34. The number of nitrogens with one attached hydrogen (secondary N) is 1. The largest absolute Gasteiger partial charge is 0.493 e. The van der Waals surface area contributed by atoms with E-state index in [-0.39, 0.29) is 16.8 Å². The number of thiocarbonyl (C=S) groups is 1. The van der Waals surface area contributed by atoms with Crippen LogP contribution in [0.15, 0.2) is 42.0 Å². The first kappa shape index (κ1) is 21.5. The molecule has 2 aromatic carbocycles. The van der Waals surface area contributed by atoms with Gasteiger partial charge in [-0.3, -0.25) is 19.8 Å². The molecule has 1 heterocycles. The Bertz CT molecular complexity index is 1060. The Morgan fingerprint density at radius 2 is 1.87 bits per heavy atom.